The minimum Gasteiger partial charge on any atom is -0.369 e. The lowest BCUT2D eigenvalue weighted by molar-refractivity contribution is -0.142. The van der Waals surface area contributed by atoms with Crippen LogP contribution in [0.15, 0.2) is 36.4 Å². The molecule has 0 bridgehead atoms. The summed E-state index contributed by atoms with van der Waals surface area (Å²) in [5.41, 5.74) is 1.60. The molecule has 2 amide bonds. The molecule has 1 aromatic carbocycles. The molecule has 7 nitrogen and oxygen atoms in total. The summed E-state index contributed by atoms with van der Waals surface area (Å²) >= 11 is 0. The maximum atomic E-state index is 13.5. The van der Waals surface area contributed by atoms with E-state index in [0.29, 0.717) is 22.2 Å². The first-order valence-electron chi connectivity index (χ1n) is 10.3. The van der Waals surface area contributed by atoms with Crippen LogP contribution in [-0.4, -0.2) is 45.2 Å². The van der Waals surface area contributed by atoms with E-state index < -0.39 is 46.7 Å². The van der Waals surface area contributed by atoms with Gasteiger partial charge in [0.2, 0.25) is 0 Å². The number of urea groups is 1. The van der Waals surface area contributed by atoms with Crippen LogP contribution in [0.2, 0.25) is 0 Å². The van der Waals surface area contributed by atoms with E-state index in [9.17, 15) is 35.5 Å². The number of alkyl halides is 6. The summed E-state index contributed by atoms with van der Waals surface area (Å²) in [5, 5.41) is 6.16. The van der Waals surface area contributed by atoms with Crippen LogP contribution < -0.4 is 11.1 Å². The number of halogens is 7. The quantitative estimate of drug-likeness (QED) is 0.508. The van der Waals surface area contributed by atoms with Gasteiger partial charge in [0, 0.05) is 43.1 Å². The summed E-state index contributed by atoms with van der Waals surface area (Å²) < 4.78 is 93.9. The van der Waals surface area contributed by atoms with Crippen LogP contribution in [0.3, 0.4) is 0 Å². The van der Waals surface area contributed by atoms with Crippen molar-refractivity contribution in [3.8, 4) is 0 Å². The van der Waals surface area contributed by atoms with Crippen LogP contribution in [0.4, 0.5) is 41.3 Å². The number of aromatic nitrogens is 3. The molecule has 0 radical (unpaired) electrons. The molecule has 3 N–H and O–H groups in total. The zero-order chi connectivity index (χ0) is 25.8. The van der Waals surface area contributed by atoms with E-state index in [4.69, 9.17) is 5.73 Å². The summed E-state index contributed by atoms with van der Waals surface area (Å²) in [7, 11) is 0. The predicted molar refractivity (Wildman–Crippen MR) is 110 cm³/mol. The molecule has 188 valence electrons. The Bertz CT molecular complexity index is 1250. The zero-order valence-corrected chi connectivity index (χ0v) is 18.1. The second-order valence-corrected chi connectivity index (χ2v) is 8.54. The molecule has 3 aromatic rings. The van der Waals surface area contributed by atoms with E-state index in [2.05, 4.69) is 15.4 Å². The summed E-state index contributed by atoms with van der Waals surface area (Å²) in [4.78, 5) is 16.1. The summed E-state index contributed by atoms with van der Waals surface area (Å²) in [6.45, 7) is 2.16. The van der Waals surface area contributed by atoms with Crippen molar-refractivity contribution < 1.29 is 35.5 Å². The van der Waals surface area contributed by atoms with Crippen LogP contribution in [0, 0.1) is 11.7 Å². The first-order chi connectivity index (χ1) is 16.2. The van der Waals surface area contributed by atoms with Gasteiger partial charge < -0.3 is 16.0 Å². The second-order valence-electron chi connectivity index (χ2n) is 8.54. The Morgan fingerprint density at radius 1 is 1.06 bits per heavy atom. The van der Waals surface area contributed by atoms with E-state index >= 15 is 0 Å². The van der Waals surface area contributed by atoms with Crippen LogP contribution in [0.5, 0.6) is 0 Å². The molecule has 1 saturated heterocycles. The first-order valence-corrected chi connectivity index (χ1v) is 10.3. The normalized spacial score (nSPS) is 16.7. The molecular weight excluding hydrogens is 485 g/mol. The van der Waals surface area contributed by atoms with Gasteiger partial charge in [-0.3, -0.25) is 0 Å². The van der Waals surface area contributed by atoms with Gasteiger partial charge >= 0.3 is 18.4 Å². The van der Waals surface area contributed by atoms with Crippen molar-refractivity contribution in [3.63, 3.8) is 0 Å². The minimum atomic E-state index is -4.92. The molecule has 0 unspecified atom stereocenters. The first kappa shape index (κ1) is 24.5. The van der Waals surface area contributed by atoms with Gasteiger partial charge in [-0.2, -0.15) is 36.0 Å². The van der Waals surface area contributed by atoms with Gasteiger partial charge in [-0.25, -0.2) is 14.2 Å². The van der Waals surface area contributed by atoms with E-state index in [-0.39, 0.29) is 31.4 Å². The number of carbonyl (C=O) groups excluding carboxylic acids is 1. The fourth-order valence-electron chi connectivity index (χ4n) is 4.03. The Morgan fingerprint density at radius 2 is 1.66 bits per heavy atom. The van der Waals surface area contributed by atoms with Crippen molar-refractivity contribution in [1.82, 2.24) is 19.5 Å². The van der Waals surface area contributed by atoms with E-state index in [1.54, 1.807) is 6.92 Å². The lowest BCUT2D eigenvalue weighted by Gasteiger charge is -2.49. The molecule has 0 spiro atoms. The highest BCUT2D eigenvalue weighted by Gasteiger charge is 2.45. The number of hydrogen-bond donors (Lipinski definition) is 2. The van der Waals surface area contributed by atoms with Gasteiger partial charge in [-0.1, -0.05) is 19.1 Å². The largest absolute Gasteiger partial charge is 0.435 e. The molecule has 35 heavy (non-hydrogen) atoms. The Morgan fingerprint density at radius 3 is 2.20 bits per heavy atom. The standard InChI is InChI=1S/C21H19F7N6O/c1-19(11-2-4-13(22)5-3-11,12-8-33(9-12)18(29)35)10-30-16-6-14(20(23,24)25)31-17-7-15(21(26,27)28)32-34(16)17/h2-7,12,30H,8-10H2,1H3,(H2,29,35)/t19-/m0/s1. The molecule has 0 aliphatic carbocycles. The number of nitrogens with zero attached hydrogens (tertiary/aromatic N) is 4. The molecular formula is C21H19F7N6O. The van der Waals surface area contributed by atoms with Gasteiger partial charge in [0.25, 0.3) is 0 Å². The molecule has 1 aliphatic rings. The number of amides is 2. The number of hydrogen-bond acceptors (Lipinski definition) is 4. The Labute approximate surface area is 193 Å². The van der Waals surface area contributed by atoms with E-state index in [0.717, 1.165) is 0 Å². The van der Waals surface area contributed by atoms with Gasteiger partial charge in [0.15, 0.2) is 17.0 Å². The van der Waals surface area contributed by atoms with Gasteiger partial charge in [-0.15, -0.1) is 0 Å². The van der Waals surface area contributed by atoms with Crippen LogP contribution >= 0.6 is 0 Å². The summed E-state index contributed by atoms with van der Waals surface area (Å²) in [6.07, 6.45) is -9.81. The number of rotatable bonds is 5. The van der Waals surface area contributed by atoms with Crippen molar-refractivity contribution in [2.75, 3.05) is 25.0 Å². The average Bonchev–Trinajstić information content (AvgIpc) is 3.15. The van der Waals surface area contributed by atoms with E-state index in [1.165, 1.54) is 29.2 Å². The number of nitrogens with one attached hydrogen (secondary N) is 1. The highest BCUT2D eigenvalue weighted by molar-refractivity contribution is 5.73. The molecule has 1 fully saturated rings. The Kier molecular flexibility index (Phi) is 5.80. The van der Waals surface area contributed by atoms with E-state index in [1.807, 2.05) is 0 Å². The van der Waals surface area contributed by atoms with Crippen LogP contribution in [-0.2, 0) is 17.8 Å². The fourth-order valence-corrected chi connectivity index (χ4v) is 4.03. The van der Waals surface area contributed by atoms with Crippen molar-refractivity contribution in [2.45, 2.75) is 24.7 Å². The summed E-state index contributed by atoms with van der Waals surface area (Å²) in [6, 6.07) is 5.79. The fraction of sp³-hybridized carbons (Fsp3) is 0.381. The van der Waals surface area contributed by atoms with Crippen molar-refractivity contribution >= 4 is 17.5 Å². The van der Waals surface area contributed by atoms with Crippen LogP contribution in [0.1, 0.15) is 23.9 Å². The SMILES string of the molecule is C[C@](CNc1cc(C(F)(F)F)nc2cc(C(F)(F)F)nn12)(c1ccc(F)cc1)C1CN(C(N)=O)C1. The maximum absolute atomic E-state index is 13.5. The Hall–Kier alpha value is -3.58. The Balaban J connectivity index is 1.73. The number of anilines is 1. The second kappa shape index (κ2) is 8.27. The lowest BCUT2D eigenvalue weighted by atomic mass is 9.68. The van der Waals surface area contributed by atoms with Crippen molar-refractivity contribution in [2.24, 2.45) is 11.7 Å². The number of fused-ring (bicyclic) bond motifs is 1. The monoisotopic (exact) mass is 504 g/mol. The average molecular weight is 504 g/mol. The molecule has 1 atom stereocenters. The smallest absolute Gasteiger partial charge is 0.369 e. The third-order valence-electron chi connectivity index (χ3n) is 6.24. The number of nitrogens with two attached hydrogens (primary N) is 1. The van der Waals surface area contributed by atoms with Crippen molar-refractivity contribution in [1.29, 1.82) is 0 Å². The maximum Gasteiger partial charge on any atom is 0.435 e. The highest BCUT2D eigenvalue weighted by atomic mass is 19.4. The van der Waals surface area contributed by atoms with Gasteiger partial charge in [-0.05, 0) is 17.7 Å². The number of benzene rings is 1. The number of primary amides is 1. The third kappa shape index (κ3) is 4.68. The van der Waals surface area contributed by atoms with Crippen LogP contribution in [0.25, 0.3) is 5.65 Å². The molecule has 4 rings (SSSR count). The van der Waals surface area contributed by atoms with Gasteiger partial charge in [0.05, 0.1) is 0 Å². The molecule has 2 aromatic heterocycles. The highest BCUT2D eigenvalue weighted by Crippen LogP contribution is 2.39. The topological polar surface area (TPSA) is 88.6 Å². The molecule has 1 aliphatic heterocycles. The molecule has 3 heterocycles. The van der Waals surface area contributed by atoms with Gasteiger partial charge in [0.1, 0.15) is 11.6 Å². The number of likely N-dealkylation sites (tertiary alicyclic amines) is 1. The molecule has 14 heteroatoms. The molecule has 0 saturated carbocycles. The zero-order valence-electron chi connectivity index (χ0n) is 18.1. The predicted octanol–water partition coefficient (Wildman–Crippen LogP) is 4.29. The third-order valence-corrected chi connectivity index (χ3v) is 6.24. The summed E-state index contributed by atoms with van der Waals surface area (Å²) in [5.74, 6) is -1.09. The minimum absolute atomic E-state index is 0.0759. The van der Waals surface area contributed by atoms with Crippen molar-refractivity contribution in [3.05, 3.63) is 59.2 Å². The number of carbonyl (C=O) groups is 1. The lowest BCUT2D eigenvalue weighted by Crippen LogP contribution is -2.60.